The summed E-state index contributed by atoms with van der Waals surface area (Å²) in [5.41, 5.74) is 3.41. The molecule has 0 atom stereocenters. The van der Waals surface area contributed by atoms with Gasteiger partial charge >= 0.3 is 5.97 Å². The normalized spacial score (nSPS) is 14.8. The molecular formula is C22H26N2O6S. The van der Waals surface area contributed by atoms with Crippen LogP contribution in [0.2, 0.25) is 0 Å². The molecule has 2 aromatic rings. The Kier molecular flexibility index (Phi) is 7.09. The SMILES string of the molecule is Cc1ccc(NC(=O)COC(=O)c2cc(S(=O)(=O)N3CCOCC3)ccc2C)cc1C. The van der Waals surface area contributed by atoms with Crippen molar-refractivity contribution in [2.24, 2.45) is 0 Å². The molecule has 31 heavy (non-hydrogen) atoms. The van der Waals surface area contributed by atoms with Crippen molar-refractivity contribution < 1.29 is 27.5 Å². The van der Waals surface area contributed by atoms with Crippen molar-refractivity contribution in [3.63, 3.8) is 0 Å². The Labute approximate surface area is 182 Å². The minimum absolute atomic E-state index is 0.00605. The van der Waals surface area contributed by atoms with E-state index in [1.54, 1.807) is 19.1 Å². The minimum atomic E-state index is -3.75. The summed E-state index contributed by atoms with van der Waals surface area (Å²) in [6.07, 6.45) is 0. The zero-order chi connectivity index (χ0) is 22.6. The van der Waals surface area contributed by atoms with Gasteiger partial charge in [-0.1, -0.05) is 12.1 Å². The number of nitrogens with zero attached hydrogens (tertiary/aromatic N) is 1. The molecular weight excluding hydrogens is 420 g/mol. The van der Waals surface area contributed by atoms with Gasteiger partial charge in [-0.3, -0.25) is 4.79 Å². The minimum Gasteiger partial charge on any atom is -0.452 e. The maximum Gasteiger partial charge on any atom is 0.338 e. The molecule has 2 aromatic carbocycles. The third kappa shape index (κ3) is 5.49. The first kappa shape index (κ1) is 22.9. The van der Waals surface area contributed by atoms with E-state index in [1.165, 1.54) is 16.4 Å². The number of anilines is 1. The van der Waals surface area contributed by atoms with Crippen LogP contribution in [0.1, 0.15) is 27.0 Å². The molecule has 0 aromatic heterocycles. The highest BCUT2D eigenvalue weighted by molar-refractivity contribution is 7.89. The van der Waals surface area contributed by atoms with Crippen molar-refractivity contribution in [3.8, 4) is 0 Å². The van der Waals surface area contributed by atoms with Crippen molar-refractivity contribution in [2.45, 2.75) is 25.7 Å². The van der Waals surface area contributed by atoms with Crippen LogP contribution >= 0.6 is 0 Å². The lowest BCUT2D eigenvalue weighted by Crippen LogP contribution is -2.40. The summed E-state index contributed by atoms with van der Waals surface area (Å²) in [5, 5.41) is 2.68. The molecule has 1 heterocycles. The van der Waals surface area contributed by atoms with Gasteiger partial charge in [-0.05, 0) is 61.7 Å². The predicted molar refractivity (Wildman–Crippen MR) is 116 cm³/mol. The lowest BCUT2D eigenvalue weighted by atomic mass is 10.1. The quantitative estimate of drug-likeness (QED) is 0.684. The van der Waals surface area contributed by atoms with E-state index < -0.39 is 28.5 Å². The van der Waals surface area contributed by atoms with Crippen LogP contribution in [-0.4, -0.2) is 57.5 Å². The van der Waals surface area contributed by atoms with Crippen LogP contribution in [0, 0.1) is 20.8 Å². The van der Waals surface area contributed by atoms with E-state index in [0.29, 0.717) is 24.5 Å². The number of nitrogens with one attached hydrogen (secondary N) is 1. The van der Waals surface area contributed by atoms with E-state index in [4.69, 9.17) is 9.47 Å². The number of hydrogen-bond acceptors (Lipinski definition) is 6. The molecule has 166 valence electrons. The Morgan fingerprint density at radius 1 is 1.00 bits per heavy atom. The lowest BCUT2D eigenvalue weighted by Gasteiger charge is -2.26. The van der Waals surface area contributed by atoms with Crippen LogP contribution in [-0.2, 0) is 24.3 Å². The summed E-state index contributed by atoms with van der Waals surface area (Å²) in [6.45, 7) is 6.28. The molecule has 1 amide bonds. The molecule has 0 aliphatic carbocycles. The fourth-order valence-electron chi connectivity index (χ4n) is 3.14. The summed E-state index contributed by atoms with van der Waals surface area (Å²) in [5.74, 6) is -1.24. The average molecular weight is 447 g/mol. The molecule has 1 fully saturated rings. The smallest absolute Gasteiger partial charge is 0.338 e. The summed E-state index contributed by atoms with van der Waals surface area (Å²) in [4.78, 5) is 24.7. The fourth-order valence-corrected chi connectivity index (χ4v) is 4.58. The number of rotatable bonds is 6. The number of carbonyl (C=O) groups is 2. The third-order valence-electron chi connectivity index (χ3n) is 5.16. The van der Waals surface area contributed by atoms with Gasteiger partial charge < -0.3 is 14.8 Å². The van der Waals surface area contributed by atoms with Gasteiger partial charge in [0.1, 0.15) is 0 Å². The highest BCUT2D eigenvalue weighted by Gasteiger charge is 2.27. The van der Waals surface area contributed by atoms with Crippen molar-refractivity contribution >= 4 is 27.6 Å². The topological polar surface area (TPSA) is 102 Å². The average Bonchev–Trinajstić information content (AvgIpc) is 2.75. The molecule has 9 heteroatoms. The molecule has 8 nitrogen and oxygen atoms in total. The van der Waals surface area contributed by atoms with E-state index in [9.17, 15) is 18.0 Å². The van der Waals surface area contributed by atoms with Crippen molar-refractivity contribution in [1.29, 1.82) is 0 Å². The van der Waals surface area contributed by atoms with Crippen LogP contribution < -0.4 is 5.32 Å². The second-order valence-electron chi connectivity index (χ2n) is 7.42. The van der Waals surface area contributed by atoms with Crippen LogP contribution in [0.4, 0.5) is 5.69 Å². The van der Waals surface area contributed by atoms with Gasteiger partial charge in [-0.2, -0.15) is 4.31 Å². The van der Waals surface area contributed by atoms with Gasteiger partial charge in [0, 0.05) is 18.8 Å². The molecule has 1 aliphatic heterocycles. The standard InChI is InChI=1S/C22H26N2O6S/c1-15-4-6-18(12-17(15)3)23-21(25)14-30-22(26)20-13-19(7-5-16(20)2)31(27,28)24-8-10-29-11-9-24/h4-7,12-13H,8-11,14H2,1-3H3,(H,23,25). The second kappa shape index (κ2) is 9.59. The molecule has 1 saturated heterocycles. The zero-order valence-corrected chi connectivity index (χ0v) is 18.6. The number of benzene rings is 2. The van der Waals surface area contributed by atoms with Crippen molar-refractivity contribution in [3.05, 3.63) is 58.7 Å². The van der Waals surface area contributed by atoms with Gasteiger partial charge in [0.05, 0.1) is 23.7 Å². The Morgan fingerprint density at radius 2 is 1.68 bits per heavy atom. The Balaban J connectivity index is 1.67. The lowest BCUT2D eigenvalue weighted by molar-refractivity contribution is -0.119. The van der Waals surface area contributed by atoms with Crippen LogP contribution in [0.3, 0.4) is 0 Å². The largest absolute Gasteiger partial charge is 0.452 e. The highest BCUT2D eigenvalue weighted by Crippen LogP contribution is 2.21. The van der Waals surface area contributed by atoms with Gasteiger partial charge in [0.25, 0.3) is 5.91 Å². The number of esters is 1. The zero-order valence-electron chi connectivity index (χ0n) is 17.8. The third-order valence-corrected chi connectivity index (χ3v) is 7.06. The van der Waals surface area contributed by atoms with E-state index in [2.05, 4.69) is 5.32 Å². The molecule has 0 radical (unpaired) electrons. The van der Waals surface area contributed by atoms with Gasteiger partial charge in [0.2, 0.25) is 10.0 Å². The predicted octanol–water partition coefficient (Wildman–Crippen LogP) is 2.43. The number of carbonyl (C=O) groups excluding carboxylic acids is 2. The summed E-state index contributed by atoms with van der Waals surface area (Å²) < 4.78 is 37.4. The van der Waals surface area contributed by atoms with Gasteiger partial charge in [-0.25, -0.2) is 13.2 Å². The van der Waals surface area contributed by atoms with E-state index in [1.807, 2.05) is 26.0 Å². The molecule has 0 unspecified atom stereocenters. The van der Waals surface area contributed by atoms with E-state index in [0.717, 1.165) is 11.1 Å². The first-order valence-corrected chi connectivity index (χ1v) is 11.4. The van der Waals surface area contributed by atoms with E-state index in [-0.39, 0.29) is 23.5 Å². The number of hydrogen-bond donors (Lipinski definition) is 1. The Morgan fingerprint density at radius 3 is 2.35 bits per heavy atom. The monoisotopic (exact) mass is 446 g/mol. The maximum absolute atomic E-state index is 12.8. The fraction of sp³-hybridized carbons (Fsp3) is 0.364. The first-order valence-electron chi connectivity index (χ1n) is 9.91. The van der Waals surface area contributed by atoms with Crippen molar-refractivity contribution in [2.75, 3.05) is 38.2 Å². The van der Waals surface area contributed by atoms with Crippen LogP contribution in [0.25, 0.3) is 0 Å². The molecule has 1 N–H and O–H groups in total. The van der Waals surface area contributed by atoms with Crippen molar-refractivity contribution in [1.82, 2.24) is 4.31 Å². The second-order valence-corrected chi connectivity index (χ2v) is 9.35. The summed E-state index contributed by atoms with van der Waals surface area (Å²) in [7, 11) is -3.75. The number of aryl methyl sites for hydroxylation is 3. The van der Waals surface area contributed by atoms with Crippen LogP contribution in [0.5, 0.6) is 0 Å². The number of amides is 1. The van der Waals surface area contributed by atoms with Gasteiger partial charge in [-0.15, -0.1) is 0 Å². The number of ether oxygens (including phenoxy) is 2. The molecule has 0 saturated carbocycles. The molecule has 0 bridgehead atoms. The Hall–Kier alpha value is -2.75. The number of morpholine rings is 1. The number of sulfonamides is 1. The Bertz CT molecular complexity index is 1090. The summed E-state index contributed by atoms with van der Waals surface area (Å²) >= 11 is 0. The van der Waals surface area contributed by atoms with Crippen LogP contribution in [0.15, 0.2) is 41.3 Å². The molecule has 3 rings (SSSR count). The highest BCUT2D eigenvalue weighted by atomic mass is 32.2. The first-order chi connectivity index (χ1) is 14.7. The maximum atomic E-state index is 12.8. The molecule has 1 aliphatic rings. The van der Waals surface area contributed by atoms with E-state index >= 15 is 0 Å². The summed E-state index contributed by atoms with van der Waals surface area (Å²) in [6, 6.07) is 9.80. The molecule has 0 spiro atoms. The van der Waals surface area contributed by atoms with Gasteiger partial charge in [0.15, 0.2) is 6.61 Å².